The van der Waals surface area contributed by atoms with Crippen LogP contribution in [0.2, 0.25) is 0 Å². The summed E-state index contributed by atoms with van der Waals surface area (Å²) in [6.45, 7) is 2.57. The van der Waals surface area contributed by atoms with Crippen molar-refractivity contribution >= 4 is 17.7 Å². The number of rotatable bonds is 3. The molecule has 4 rings (SSSR count). The Morgan fingerprint density at radius 1 is 1.28 bits per heavy atom. The number of nitrogens with zero attached hydrogens (tertiary/aromatic N) is 5. The minimum absolute atomic E-state index is 0.0545. The first-order valence-corrected chi connectivity index (χ1v) is 8.49. The molecule has 0 radical (unpaired) electrons. The lowest BCUT2D eigenvalue weighted by Crippen LogP contribution is -2.50. The van der Waals surface area contributed by atoms with E-state index in [0.29, 0.717) is 32.1 Å². The number of hydrogen-bond donors (Lipinski definition) is 2. The lowest BCUT2D eigenvalue weighted by atomic mass is 10.2. The monoisotopic (exact) mass is 343 g/mol. The van der Waals surface area contributed by atoms with Gasteiger partial charge in [0.1, 0.15) is 0 Å². The molecule has 0 unspecified atom stereocenters. The van der Waals surface area contributed by atoms with Gasteiger partial charge in [-0.05, 0) is 12.8 Å². The molecular formula is C16H21N7O2. The number of hydrogen-bond acceptors (Lipinski definition) is 5. The maximum Gasteiger partial charge on any atom is 0.323 e. The number of nitrogens with one attached hydrogen (secondary N) is 2. The lowest BCUT2D eigenvalue weighted by molar-refractivity contribution is 0.208. The van der Waals surface area contributed by atoms with Crippen molar-refractivity contribution in [2.45, 2.75) is 18.8 Å². The third-order valence-corrected chi connectivity index (χ3v) is 4.73. The summed E-state index contributed by atoms with van der Waals surface area (Å²) in [5.41, 5.74) is 0.889. The Labute approximate surface area is 144 Å². The predicted octanol–water partition coefficient (Wildman–Crippen LogP) is 0.735. The fourth-order valence-electron chi connectivity index (χ4n) is 2.99. The normalized spacial score (nSPS) is 17.6. The minimum atomic E-state index is -0.321. The van der Waals surface area contributed by atoms with Crippen molar-refractivity contribution in [3.05, 3.63) is 34.5 Å². The molecule has 2 amide bonds. The van der Waals surface area contributed by atoms with E-state index in [9.17, 15) is 9.59 Å². The highest BCUT2D eigenvalue weighted by Crippen LogP contribution is 2.39. The van der Waals surface area contributed by atoms with E-state index in [1.807, 2.05) is 0 Å². The molecule has 0 aromatic carbocycles. The number of carbonyl (C=O) groups excluding carboxylic acids is 1. The zero-order valence-corrected chi connectivity index (χ0v) is 14.1. The molecule has 0 bridgehead atoms. The summed E-state index contributed by atoms with van der Waals surface area (Å²) in [6, 6.07) is 1.82. The summed E-state index contributed by atoms with van der Waals surface area (Å²) in [7, 11) is 1.62. The number of aromatic amines is 1. The molecule has 3 heterocycles. The first-order valence-electron chi connectivity index (χ1n) is 8.49. The van der Waals surface area contributed by atoms with E-state index in [4.69, 9.17) is 0 Å². The van der Waals surface area contributed by atoms with Gasteiger partial charge in [0.15, 0.2) is 5.82 Å². The quantitative estimate of drug-likeness (QED) is 0.856. The van der Waals surface area contributed by atoms with E-state index in [2.05, 4.69) is 31.5 Å². The van der Waals surface area contributed by atoms with Gasteiger partial charge in [0.05, 0.1) is 0 Å². The number of anilines is 2. The molecule has 1 aliphatic heterocycles. The molecule has 2 fully saturated rings. The van der Waals surface area contributed by atoms with Crippen LogP contribution in [0.1, 0.15) is 24.5 Å². The van der Waals surface area contributed by atoms with E-state index in [0.717, 1.165) is 5.82 Å². The molecule has 2 aromatic heterocycles. The van der Waals surface area contributed by atoms with Crippen molar-refractivity contribution in [2.24, 2.45) is 7.05 Å². The van der Waals surface area contributed by atoms with E-state index in [1.54, 1.807) is 18.1 Å². The van der Waals surface area contributed by atoms with Crippen LogP contribution in [0.4, 0.5) is 16.4 Å². The van der Waals surface area contributed by atoms with Crippen LogP contribution in [0.25, 0.3) is 0 Å². The van der Waals surface area contributed by atoms with Crippen molar-refractivity contribution in [2.75, 3.05) is 36.4 Å². The average Bonchev–Trinajstić information content (AvgIpc) is 3.36. The number of aromatic nitrogens is 4. The molecule has 2 N–H and O–H groups in total. The van der Waals surface area contributed by atoms with Crippen LogP contribution in [-0.4, -0.2) is 56.9 Å². The molecule has 1 saturated heterocycles. The zero-order valence-electron chi connectivity index (χ0n) is 14.1. The van der Waals surface area contributed by atoms with Gasteiger partial charge in [-0.1, -0.05) is 0 Å². The van der Waals surface area contributed by atoms with Crippen LogP contribution in [0.15, 0.2) is 23.3 Å². The van der Waals surface area contributed by atoms with Gasteiger partial charge in [-0.3, -0.25) is 15.2 Å². The number of H-pyrrole nitrogens is 1. The van der Waals surface area contributed by atoms with Gasteiger partial charge in [0, 0.05) is 63.3 Å². The smallest absolute Gasteiger partial charge is 0.323 e. The molecule has 25 heavy (non-hydrogen) atoms. The SMILES string of the molecule is Cn1ccnc(NC(=O)N2CCN(c3cc(C4CC4)[nH]n3)CC2)c1=O. The molecule has 2 aromatic rings. The van der Waals surface area contributed by atoms with Gasteiger partial charge in [-0.2, -0.15) is 5.10 Å². The van der Waals surface area contributed by atoms with E-state index in [1.165, 1.54) is 29.3 Å². The second-order valence-electron chi connectivity index (χ2n) is 6.55. The fraction of sp³-hybridized carbons (Fsp3) is 0.500. The first-order chi connectivity index (χ1) is 12.1. The number of aryl methyl sites for hydroxylation is 1. The fourth-order valence-corrected chi connectivity index (χ4v) is 2.99. The van der Waals surface area contributed by atoms with Crippen LogP contribution in [0, 0.1) is 0 Å². The molecule has 0 atom stereocenters. The second-order valence-corrected chi connectivity index (χ2v) is 6.55. The largest absolute Gasteiger partial charge is 0.352 e. The zero-order chi connectivity index (χ0) is 17.4. The Bertz CT molecular complexity index is 831. The number of amides is 2. The van der Waals surface area contributed by atoms with Crippen LogP contribution in [0.5, 0.6) is 0 Å². The van der Waals surface area contributed by atoms with Crippen LogP contribution in [0.3, 0.4) is 0 Å². The summed E-state index contributed by atoms with van der Waals surface area (Å²) < 4.78 is 1.38. The van der Waals surface area contributed by atoms with E-state index in [-0.39, 0.29) is 17.4 Å². The summed E-state index contributed by atoms with van der Waals surface area (Å²) in [5, 5.41) is 10.1. The highest BCUT2D eigenvalue weighted by molar-refractivity contribution is 5.88. The van der Waals surface area contributed by atoms with Crippen molar-refractivity contribution in [1.82, 2.24) is 24.6 Å². The third kappa shape index (κ3) is 3.21. The Morgan fingerprint density at radius 3 is 2.76 bits per heavy atom. The highest BCUT2D eigenvalue weighted by Gasteiger charge is 2.28. The molecule has 2 aliphatic rings. The highest BCUT2D eigenvalue weighted by atomic mass is 16.2. The van der Waals surface area contributed by atoms with Crippen LogP contribution < -0.4 is 15.8 Å². The third-order valence-electron chi connectivity index (χ3n) is 4.73. The van der Waals surface area contributed by atoms with Crippen LogP contribution >= 0.6 is 0 Å². The molecule has 132 valence electrons. The van der Waals surface area contributed by atoms with Crippen molar-refractivity contribution in [1.29, 1.82) is 0 Å². The summed E-state index contributed by atoms with van der Waals surface area (Å²) in [5.74, 6) is 1.65. The standard InChI is InChI=1S/C16H21N7O2/c1-21-5-4-17-14(15(21)24)18-16(25)23-8-6-22(7-9-23)13-10-12(19-20-13)11-2-3-11/h4-5,10-11H,2-3,6-9H2,1H3,(H,19,20)(H,17,18,25). The average molecular weight is 343 g/mol. The van der Waals surface area contributed by atoms with Gasteiger partial charge in [0.2, 0.25) is 5.82 Å². The maximum absolute atomic E-state index is 12.4. The summed E-state index contributed by atoms with van der Waals surface area (Å²) in [4.78, 5) is 32.1. The molecular weight excluding hydrogens is 322 g/mol. The van der Waals surface area contributed by atoms with Gasteiger partial charge in [-0.15, -0.1) is 0 Å². The number of urea groups is 1. The summed E-state index contributed by atoms with van der Waals surface area (Å²) in [6.07, 6.45) is 5.52. The Kier molecular flexibility index (Phi) is 3.90. The summed E-state index contributed by atoms with van der Waals surface area (Å²) >= 11 is 0. The van der Waals surface area contributed by atoms with Gasteiger partial charge in [0.25, 0.3) is 5.56 Å². The molecule has 9 heteroatoms. The topological polar surface area (TPSA) is 99.2 Å². The maximum atomic E-state index is 12.4. The Balaban J connectivity index is 1.35. The minimum Gasteiger partial charge on any atom is -0.352 e. The lowest BCUT2D eigenvalue weighted by Gasteiger charge is -2.34. The van der Waals surface area contributed by atoms with Crippen molar-refractivity contribution < 1.29 is 4.79 Å². The second kappa shape index (κ2) is 6.23. The van der Waals surface area contributed by atoms with Crippen molar-refractivity contribution in [3.8, 4) is 0 Å². The molecule has 1 aliphatic carbocycles. The Hall–Kier alpha value is -2.84. The molecule has 9 nitrogen and oxygen atoms in total. The number of carbonyl (C=O) groups is 1. The predicted molar refractivity (Wildman–Crippen MR) is 92.8 cm³/mol. The van der Waals surface area contributed by atoms with Crippen LogP contribution in [-0.2, 0) is 7.05 Å². The Morgan fingerprint density at radius 2 is 2.04 bits per heavy atom. The van der Waals surface area contributed by atoms with Crippen molar-refractivity contribution in [3.63, 3.8) is 0 Å². The first kappa shape index (κ1) is 15.7. The van der Waals surface area contributed by atoms with E-state index < -0.39 is 0 Å². The van der Waals surface area contributed by atoms with E-state index >= 15 is 0 Å². The molecule has 0 spiro atoms. The van der Waals surface area contributed by atoms with Gasteiger partial charge >= 0.3 is 6.03 Å². The molecule has 1 saturated carbocycles. The number of piperazine rings is 1. The van der Waals surface area contributed by atoms with Gasteiger partial charge in [-0.25, -0.2) is 9.78 Å². The van der Waals surface area contributed by atoms with Gasteiger partial charge < -0.3 is 14.4 Å².